The fourth-order valence-electron chi connectivity index (χ4n) is 1.20. The smallest absolute Gasteiger partial charge is 0.0462 e. The number of rotatable bonds is 9. The lowest BCUT2D eigenvalue weighted by Crippen LogP contribution is -1.88. The maximum Gasteiger partial charge on any atom is 0.0462 e. The molecular formula is C10H23OP. The van der Waals surface area contributed by atoms with E-state index in [1.54, 1.807) is 7.11 Å². The fraction of sp³-hybridized carbons (Fsp3) is 1.00. The van der Waals surface area contributed by atoms with E-state index in [9.17, 15) is 0 Å². The van der Waals surface area contributed by atoms with Crippen molar-refractivity contribution < 1.29 is 4.74 Å². The van der Waals surface area contributed by atoms with Gasteiger partial charge in [-0.3, -0.25) is 0 Å². The summed E-state index contributed by atoms with van der Waals surface area (Å²) in [4.78, 5) is 0. The molecule has 0 fully saturated rings. The summed E-state index contributed by atoms with van der Waals surface area (Å²) < 4.78 is 4.99. The van der Waals surface area contributed by atoms with Gasteiger partial charge >= 0.3 is 0 Å². The SMILES string of the molecule is CCPCCCCCCCOC. The average Bonchev–Trinajstić information content (AvgIpc) is 2.10. The third-order valence-corrected chi connectivity index (χ3v) is 3.16. The molecule has 12 heavy (non-hydrogen) atoms. The summed E-state index contributed by atoms with van der Waals surface area (Å²) >= 11 is 0. The predicted molar refractivity (Wildman–Crippen MR) is 58.7 cm³/mol. The Morgan fingerprint density at radius 1 is 1.00 bits per heavy atom. The summed E-state index contributed by atoms with van der Waals surface area (Å²) in [5.74, 6) is 0. The van der Waals surface area contributed by atoms with Crippen LogP contribution in [0.4, 0.5) is 0 Å². The Bertz CT molecular complexity index is 66.2. The third-order valence-electron chi connectivity index (χ3n) is 1.95. The molecule has 0 rings (SSSR count). The van der Waals surface area contributed by atoms with Crippen LogP contribution in [0.25, 0.3) is 0 Å². The van der Waals surface area contributed by atoms with Gasteiger partial charge in [0.1, 0.15) is 0 Å². The molecule has 0 aliphatic heterocycles. The van der Waals surface area contributed by atoms with Gasteiger partial charge in [-0.2, -0.15) is 0 Å². The summed E-state index contributed by atoms with van der Waals surface area (Å²) in [6.07, 6.45) is 9.70. The molecule has 1 atom stereocenters. The Morgan fingerprint density at radius 3 is 2.33 bits per heavy atom. The van der Waals surface area contributed by atoms with Crippen molar-refractivity contribution in [1.29, 1.82) is 0 Å². The minimum atomic E-state index is 0.941. The third kappa shape index (κ3) is 10.4. The van der Waals surface area contributed by atoms with Crippen LogP contribution in [0.3, 0.4) is 0 Å². The molecule has 1 nitrogen and oxygen atoms in total. The van der Waals surface area contributed by atoms with E-state index in [1.165, 1.54) is 53.0 Å². The Morgan fingerprint density at radius 2 is 1.67 bits per heavy atom. The van der Waals surface area contributed by atoms with Gasteiger partial charge in [0.05, 0.1) is 0 Å². The first-order chi connectivity index (χ1) is 5.91. The number of hydrogen-bond acceptors (Lipinski definition) is 1. The summed E-state index contributed by atoms with van der Waals surface area (Å²) in [5.41, 5.74) is 0. The van der Waals surface area contributed by atoms with Crippen molar-refractivity contribution in [2.45, 2.75) is 39.0 Å². The maximum atomic E-state index is 4.99. The topological polar surface area (TPSA) is 9.23 Å². The highest BCUT2D eigenvalue weighted by atomic mass is 31.1. The number of unbranched alkanes of at least 4 members (excludes halogenated alkanes) is 4. The molecule has 0 spiro atoms. The van der Waals surface area contributed by atoms with Gasteiger partial charge in [0.2, 0.25) is 0 Å². The Balaban J connectivity index is 2.73. The minimum absolute atomic E-state index is 0.941. The molecule has 0 aliphatic rings. The molecule has 0 radical (unpaired) electrons. The molecule has 0 heterocycles. The van der Waals surface area contributed by atoms with Gasteiger partial charge in [0.25, 0.3) is 0 Å². The van der Waals surface area contributed by atoms with E-state index in [4.69, 9.17) is 4.74 Å². The van der Waals surface area contributed by atoms with E-state index < -0.39 is 0 Å². The molecule has 0 aromatic rings. The predicted octanol–water partition coefficient (Wildman–Crippen LogP) is 3.28. The minimum Gasteiger partial charge on any atom is -0.385 e. The highest BCUT2D eigenvalue weighted by Gasteiger charge is 1.90. The van der Waals surface area contributed by atoms with E-state index in [1.807, 2.05) is 0 Å². The van der Waals surface area contributed by atoms with Crippen molar-refractivity contribution in [2.75, 3.05) is 26.0 Å². The van der Waals surface area contributed by atoms with Crippen molar-refractivity contribution in [3.05, 3.63) is 0 Å². The van der Waals surface area contributed by atoms with Crippen LogP contribution in [0.5, 0.6) is 0 Å². The van der Waals surface area contributed by atoms with E-state index in [2.05, 4.69) is 6.92 Å². The molecule has 0 saturated carbocycles. The first-order valence-electron chi connectivity index (χ1n) is 5.11. The molecule has 0 bridgehead atoms. The molecule has 0 saturated heterocycles. The normalized spacial score (nSPS) is 11.5. The zero-order valence-corrected chi connectivity index (χ0v) is 9.57. The van der Waals surface area contributed by atoms with Gasteiger partial charge < -0.3 is 4.74 Å². The lowest BCUT2D eigenvalue weighted by Gasteiger charge is -2.00. The Labute approximate surface area is 79.1 Å². The monoisotopic (exact) mass is 190 g/mol. The second-order valence-corrected chi connectivity index (χ2v) is 4.82. The zero-order valence-electron chi connectivity index (χ0n) is 8.57. The Hall–Kier alpha value is 0.390. The van der Waals surface area contributed by atoms with Crippen molar-refractivity contribution in [1.82, 2.24) is 0 Å². The second-order valence-electron chi connectivity index (χ2n) is 3.11. The van der Waals surface area contributed by atoms with Crippen molar-refractivity contribution in [3.8, 4) is 0 Å². The van der Waals surface area contributed by atoms with Gasteiger partial charge in [-0.15, -0.1) is 8.58 Å². The van der Waals surface area contributed by atoms with Gasteiger partial charge in [-0.25, -0.2) is 0 Å². The molecule has 0 aliphatic carbocycles. The molecule has 2 heteroatoms. The zero-order chi connectivity index (χ0) is 9.07. The van der Waals surface area contributed by atoms with Crippen LogP contribution in [-0.4, -0.2) is 26.0 Å². The second kappa shape index (κ2) is 11.4. The molecule has 0 N–H and O–H groups in total. The molecular weight excluding hydrogens is 167 g/mol. The summed E-state index contributed by atoms with van der Waals surface area (Å²) in [6, 6.07) is 0. The van der Waals surface area contributed by atoms with E-state index in [0.29, 0.717) is 0 Å². The van der Waals surface area contributed by atoms with E-state index >= 15 is 0 Å². The van der Waals surface area contributed by atoms with E-state index in [0.717, 1.165) is 6.61 Å². The van der Waals surface area contributed by atoms with Crippen LogP contribution in [-0.2, 0) is 4.74 Å². The van der Waals surface area contributed by atoms with Gasteiger partial charge in [0.15, 0.2) is 0 Å². The lowest BCUT2D eigenvalue weighted by molar-refractivity contribution is 0.192. The lowest BCUT2D eigenvalue weighted by atomic mass is 10.2. The first-order valence-corrected chi connectivity index (χ1v) is 6.53. The maximum absolute atomic E-state index is 4.99. The number of hydrogen-bond donors (Lipinski definition) is 0. The summed E-state index contributed by atoms with van der Waals surface area (Å²) in [5, 5.41) is 0. The summed E-state index contributed by atoms with van der Waals surface area (Å²) in [6.45, 7) is 3.22. The standard InChI is InChI=1S/C10H23OP/c1-3-12-10-8-6-4-5-7-9-11-2/h12H,3-10H2,1-2H3. The molecule has 0 aromatic heterocycles. The quantitative estimate of drug-likeness (QED) is 0.400. The highest BCUT2D eigenvalue weighted by molar-refractivity contribution is 7.37. The number of ether oxygens (including phenoxy) is 1. The van der Waals surface area contributed by atoms with Gasteiger partial charge in [-0.1, -0.05) is 26.2 Å². The van der Waals surface area contributed by atoms with Crippen molar-refractivity contribution in [3.63, 3.8) is 0 Å². The largest absolute Gasteiger partial charge is 0.385 e. The van der Waals surface area contributed by atoms with Crippen LogP contribution in [0.2, 0.25) is 0 Å². The molecule has 0 amide bonds. The number of methoxy groups -OCH3 is 1. The van der Waals surface area contributed by atoms with Gasteiger partial charge in [-0.05, 0) is 25.2 Å². The van der Waals surface area contributed by atoms with Crippen molar-refractivity contribution >= 4 is 8.58 Å². The van der Waals surface area contributed by atoms with Crippen molar-refractivity contribution in [2.24, 2.45) is 0 Å². The fourth-order valence-corrected chi connectivity index (χ4v) is 2.06. The van der Waals surface area contributed by atoms with Gasteiger partial charge in [0, 0.05) is 13.7 Å². The molecule has 74 valence electrons. The van der Waals surface area contributed by atoms with Crippen LogP contribution >= 0.6 is 8.58 Å². The van der Waals surface area contributed by atoms with Crippen LogP contribution in [0, 0.1) is 0 Å². The summed E-state index contributed by atoms with van der Waals surface area (Å²) in [7, 11) is 2.98. The molecule has 0 aromatic carbocycles. The van der Waals surface area contributed by atoms with Crippen LogP contribution < -0.4 is 0 Å². The Kier molecular flexibility index (Phi) is 11.8. The average molecular weight is 190 g/mol. The molecule has 1 unspecified atom stereocenters. The van der Waals surface area contributed by atoms with E-state index in [-0.39, 0.29) is 0 Å². The van der Waals surface area contributed by atoms with Crippen LogP contribution in [0.1, 0.15) is 39.0 Å². The highest BCUT2D eigenvalue weighted by Crippen LogP contribution is 2.13. The van der Waals surface area contributed by atoms with Crippen LogP contribution in [0.15, 0.2) is 0 Å². The first kappa shape index (κ1) is 12.4.